The van der Waals surface area contributed by atoms with Gasteiger partial charge in [0, 0.05) is 37.1 Å². The Morgan fingerprint density at radius 1 is 0.968 bits per heavy atom. The molecule has 164 valence electrons. The van der Waals surface area contributed by atoms with E-state index in [1.165, 1.54) is 6.07 Å². The average molecular weight is 452 g/mol. The monoisotopic (exact) mass is 451 g/mol. The van der Waals surface area contributed by atoms with Gasteiger partial charge in [0.1, 0.15) is 11.4 Å². The van der Waals surface area contributed by atoms with Crippen molar-refractivity contribution in [1.82, 2.24) is 4.90 Å². The van der Waals surface area contributed by atoms with Crippen molar-refractivity contribution in [1.29, 1.82) is 0 Å². The summed E-state index contributed by atoms with van der Waals surface area (Å²) in [7, 11) is 0. The topological polar surface area (TPSA) is 68.2 Å². The number of piperidine rings is 1. The highest BCUT2D eigenvalue weighted by Gasteiger charge is 2.46. The maximum absolute atomic E-state index is 13.7. The molecule has 1 spiro atoms. The van der Waals surface area contributed by atoms with Crippen molar-refractivity contribution in [3.63, 3.8) is 0 Å². The van der Waals surface area contributed by atoms with Crippen LogP contribution in [0.5, 0.6) is 17.2 Å². The van der Waals surface area contributed by atoms with Crippen molar-refractivity contribution in [2.75, 3.05) is 19.6 Å². The molecule has 0 aromatic heterocycles. The maximum Gasteiger partial charge on any atom is 0.586 e. The molecule has 0 saturated carbocycles. The van der Waals surface area contributed by atoms with Gasteiger partial charge >= 0.3 is 12.3 Å². The second-order valence-corrected chi connectivity index (χ2v) is 7.69. The van der Waals surface area contributed by atoms with Gasteiger partial charge in [0.2, 0.25) is 0 Å². The van der Waals surface area contributed by atoms with Crippen LogP contribution in [0.15, 0.2) is 48.5 Å². The maximum atomic E-state index is 13.7. The van der Waals surface area contributed by atoms with Crippen LogP contribution >= 0.6 is 12.4 Å². The van der Waals surface area contributed by atoms with Crippen molar-refractivity contribution in [3.8, 4) is 17.2 Å². The molecule has 2 aromatic rings. The van der Waals surface area contributed by atoms with E-state index in [1.54, 1.807) is 12.1 Å². The molecule has 0 bridgehead atoms. The number of hydrogen-bond acceptors (Lipinski definition) is 5. The number of carbonyl (C=O) groups is 1. The summed E-state index contributed by atoms with van der Waals surface area (Å²) in [6.07, 6.45) is -0.576. The molecule has 3 aliphatic heterocycles. The number of aliphatic carboxylic acids is 1. The van der Waals surface area contributed by atoms with Crippen molar-refractivity contribution < 1.29 is 32.9 Å². The lowest BCUT2D eigenvalue weighted by Gasteiger charge is -2.42. The van der Waals surface area contributed by atoms with Crippen LogP contribution in [0.4, 0.5) is 8.78 Å². The van der Waals surface area contributed by atoms with Crippen LogP contribution in [0, 0.1) is 0 Å². The second-order valence-electron chi connectivity index (χ2n) is 7.69. The molecule has 1 fully saturated rings. The van der Waals surface area contributed by atoms with Gasteiger partial charge in [-0.2, -0.15) is 0 Å². The fraction of sp³-hybridized carbons (Fsp3) is 0.318. The molecule has 0 atom stereocenters. The molecule has 1 saturated heterocycles. The van der Waals surface area contributed by atoms with Crippen LogP contribution in [-0.2, 0) is 4.79 Å². The first-order chi connectivity index (χ1) is 14.3. The number of fused-ring (bicyclic) bond motifs is 2. The number of carboxylic acids is 1. The Balaban J connectivity index is 0.00000231. The molecule has 3 aliphatic rings. The summed E-state index contributed by atoms with van der Waals surface area (Å²) in [5.41, 5.74) is 1.38. The van der Waals surface area contributed by atoms with E-state index in [0.29, 0.717) is 37.2 Å². The van der Waals surface area contributed by atoms with E-state index in [0.717, 1.165) is 11.1 Å². The van der Waals surface area contributed by atoms with Gasteiger partial charge in [0.15, 0.2) is 11.5 Å². The van der Waals surface area contributed by atoms with Crippen LogP contribution in [0.25, 0.3) is 5.57 Å². The van der Waals surface area contributed by atoms with Gasteiger partial charge in [-0.1, -0.05) is 30.3 Å². The molecule has 3 heterocycles. The van der Waals surface area contributed by atoms with Gasteiger partial charge in [-0.15, -0.1) is 21.2 Å². The van der Waals surface area contributed by atoms with Crippen molar-refractivity contribution in [2.24, 2.45) is 0 Å². The molecule has 1 N–H and O–H groups in total. The third-order valence-electron chi connectivity index (χ3n) is 5.68. The lowest BCUT2D eigenvalue weighted by atomic mass is 9.82. The fourth-order valence-corrected chi connectivity index (χ4v) is 4.30. The standard InChI is InChI=1S/C22H19F2NO5.ClH/c23-22(24)29-18-7-3-5-15(20(18)30-22)16-12-21(28-17-6-2-1-4-14(16)17)8-10-25(11-9-21)13-19(26)27;/h1-7,12H,8-11,13H2,(H,26,27);1H. The Kier molecular flexibility index (Phi) is 5.31. The largest absolute Gasteiger partial charge is 0.586 e. The highest BCUT2D eigenvalue weighted by atomic mass is 35.5. The van der Waals surface area contributed by atoms with Gasteiger partial charge in [-0.05, 0) is 23.8 Å². The Hall–Kier alpha value is -2.84. The molecule has 9 heteroatoms. The van der Waals surface area contributed by atoms with E-state index in [2.05, 4.69) is 4.74 Å². The first-order valence-corrected chi connectivity index (χ1v) is 9.69. The van der Waals surface area contributed by atoms with Crippen molar-refractivity contribution in [2.45, 2.75) is 24.7 Å². The van der Waals surface area contributed by atoms with E-state index in [4.69, 9.17) is 14.6 Å². The number of alkyl halides is 2. The highest BCUT2D eigenvalue weighted by molar-refractivity contribution is 5.88. The van der Waals surface area contributed by atoms with E-state index < -0.39 is 17.9 Å². The number of nitrogens with zero attached hydrogens (tertiary/aromatic N) is 1. The summed E-state index contributed by atoms with van der Waals surface area (Å²) >= 11 is 0. The minimum atomic E-state index is -3.70. The highest BCUT2D eigenvalue weighted by Crippen LogP contribution is 2.50. The Labute approximate surface area is 183 Å². The predicted octanol–water partition coefficient (Wildman–Crippen LogP) is 4.17. The van der Waals surface area contributed by atoms with Crippen LogP contribution in [-0.4, -0.2) is 47.5 Å². The summed E-state index contributed by atoms with van der Waals surface area (Å²) in [4.78, 5) is 12.9. The quantitative estimate of drug-likeness (QED) is 0.755. The molecular formula is C22H20ClF2NO5. The second kappa shape index (κ2) is 7.69. The smallest absolute Gasteiger partial charge is 0.482 e. The number of carboxylic acid groups (broad SMARTS) is 1. The Morgan fingerprint density at radius 2 is 1.65 bits per heavy atom. The summed E-state index contributed by atoms with van der Waals surface area (Å²) in [6, 6.07) is 12.3. The molecular weight excluding hydrogens is 432 g/mol. The molecule has 5 rings (SSSR count). The van der Waals surface area contributed by atoms with Gasteiger partial charge in [-0.3, -0.25) is 9.69 Å². The summed E-state index contributed by atoms with van der Waals surface area (Å²) in [6.45, 7) is 1.10. The normalized spacial score (nSPS) is 20.3. The number of likely N-dealkylation sites (tertiary alicyclic amines) is 1. The van der Waals surface area contributed by atoms with Crippen LogP contribution in [0.1, 0.15) is 24.0 Å². The fourth-order valence-electron chi connectivity index (χ4n) is 4.30. The number of rotatable bonds is 3. The molecule has 6 nitrogen and oxygen atoms in total. The minimum Gasteiger partial charge on any atom is -0.482 e. The first kappa shape index (κ1) is 21.4. The summed E-state index contributed by atoms with van der Waals surface area (Å²) in [5, 5.41) is 9.05. The van der Waals surface area contributed by atoms with Gasteiger partial charge in [-0.25, -0.2) is 0 Å². The molecule has 0 aliphatic carbocycles. The van der Waals surface area contributed by atoms with E-state index >= 15 is 0 Å². The third kappa shape index (κ3) is 3.93. The third-order valence-corrected chi connectivity index (χ3v) is 5.68. The number of hydrogen-bond donors (Lipinski definition) is 1. The van der Waals surface area contributed by atoms with E-state index in [1.807, 2.05) is 35.2 Å². The lowest BCUT2D eigenvalue weighted by Crippen LogP contribution is -2.49. The van der Waals surface area contributed by atoms with E-state index in [-0.39, 0.29) is 30.5 Å². The average Bonchev–Trinajstić information content (AvgIpc) is 3.03. The van der Waals surface area contributed by atoms with Gasteiger partial charge in [0.25, 0.3) is 0 Å². The SMILES string of the molecule is Cl.O=C(O)CN1CCC2(C=C(c3cccc4c3OC(F)(F)O4)c3ccccc3O2)CC1. The van der Waals surface area contributed by atoms with E-state index in [9.17, 15) is 13.6 Å². The minimum absolute atomic E-state index is 0. The van der Waals surface area contributed by atoms with Gasteiger partial charge in [0.05, 0.1) is 6.54 Å². The van der Waals surface area contributed by atoms with Crippen molar-refractivity contribution >= 4 is 23.9 Å². The van der Waals surface area contributed by atoms with Crippen molar-refractivity contribution in [3.05, 3.63) is 59.7 Å². The zero-order chi connectivity index (χ0) is 20.9. The van der Waals surface area contributed by atoms with Crippen LogP contribution in [0.3, 0.4) is 0 Å². The number of ether oxygens (including phenoxy) is 3. The molecule has 0 amide bonds. The van der Waals surface area contributed by atoms with Crippen LogP contribution < -0.4 is 14.2 Å². The first-order valence-electron chi connectivity index (χ1n) is 9.69. The number of halogens is 3. The lowest BCUT2D eigenvalue weighted by molar-refractivity contribution is -0.286. The Morgan fingerprint density at radius 3 is 2.39 bits per heavy atom. The number of para-hydroxylation sites is 2. The van der Waals surface area contributed by atoms with Gasteiger partial charge < -0.3 is 19.3 Å². The Bertz CT molecular complexity index is 1050. The zero-order valence-corrected chi connectivity index (χ0v) is 17.2. The molecule has 31 heavy (non-hydrogen) atoms. The number of benzene rings is 2. The van der Waals surface area contributed by atoms with Crippen LogP contribution in [0.2, 0.25) is 0 Å². The summed E-state index contributed by atoms with van der Waals surface area (Å²) < 4.78 is 43.3. The summed E-state index contributed by atoms with van der Waals surface area (Å²) in [5.74, 6) is -0.211. The molecule has 0 radical (unpaired) electrons. The molecule has 2 aromatic carbocycles. The predicted molar refractivity (Wildman–Crippen MR) is 110 cm³/mol. The molecule has 0 unspecified atom stereocenters. The zero-order valence-electron chi connectivity index (χ0n) is 16.3.